The quantitative estimate of drug-likeness (QED) is 0.0938. The number of nitrogens with zero attached hydrogens (tertiary/aromatic N) is 6. The lowest BCUT2D eigenvalue weighted by Gasteiger charge is -2.24. The molecule has 5 aromatic rings. The molecule has 1 fully saturated rings. The first kappa shape index (κ1) is 38.8. The van der Waals surface area contributed by atoms with E-state index in [0.29, 0.717) is 49.3 Å². The number of pyridine rings is 1. The van der Waals surface area contributed by atoms with Crippen molar-refractivity contribution in [3.63, 3.8) is 0 Å². The Morgan fingerprint density at radius 3 is 2.45 bits per heavy atom. The highest BCUT2D eigenvalue weighted by Gasteiger charge is 2.67. The molecule has 9 nitrogen and oxygen atoms in total. The average molecular weight is 807 g/mol. The molecule has 2 aromatic carbocycles. The zero-order valence-corrected chi connectivity index (χ0v) is 31.6. The second-order valence-electron chi connectivity index (χ2n) is 14.6. The smallest absolute Gasteiger partial charge is 0.293 e. The Labute approximate surface area is 317 Å². The van der Waals surface area contributed by atoms with E-state index in [1.54, 1.807) is 47.9 Å². The number of hydrogen-bond donors (Lipinski definition) is 1. The fourth-order valence-corrected chi connectivity index (χ4v) is 8.95. The van der Waals surface area contributed by atoms with Crippen molar-refractivity contribution in [2.75, 3.05) is 31.4 Å². The summed E-state index contributed by atoms with van der Waals surface area (Å²) in [5, 5.41) is 18.9. The highest BCUT2D eigenvalue weighted by Crippen LogP contribution is 2.68. The second kappa shape index (κ2) is 14.3. The number of anilines is 1. The van der Waals surface area contributed by atoms with Crippen molar-refractivity contribution in [3.05, 3.63) is 93.0 Å². The van der Waals surface area contributed by atoms with Gasteiger partial charge in [-0.2, -0.15) is 19.0 Å². The summed E-state index contributed by atoms with van der Waals surface area (Å²) in [5.41, 5.74) is 0.768. The maximum Gasteiger partial charge on any atom is 0.293 e. The molecule has 1 saturated carbocycles. The SMILES string of the molecule is C=S(C)(=O)Cc1nn(C)c2c(-c3ccc(N(C)CCO)nc3[C@@H](CC(=O)Cn3nc(C(F)F)c4c3C(F)(F)[C@@H]3C[C@H]43)Cc3cc(F)cc(F)c3)ccc(Cl)c12. The summed E-state index contributed by atoms with van der Waals surface area (Å²) >= 11 is 6.71. The molecule has 7 rings (SSSR count). The Kier molecular flexibility index (Phi) is 10.1. The lowest BCUT2D eigenvalue weighted by molar-refractivity contribution is -0.120. The van der Waals surface area contributed by atoms with E-state index in [1.165, 1.54) is 6.26 Å². The zero-order chi connectivity index (χ0) is 39.7. The van der Waals surface area contributed by atoms with Gasteiger partial charge in [-0.05, 0) is 70.0 Å². The number of aromatic nitrogens is 5. The number of fused-ring (bicyclic) bond motifs is 4. The van der Waals surface area contributed by atoms with Crippen LogP contribution in [0.3, 0.4) is 0 Å². The fourth-order valence-electron chi connectivity index (χ4n) is 7.91. The Hall–Kier alpha value is -4.41. The molecule has 2 aliphatic carbocycles. The van der Waals surface area contributed by atoms with Gasteiger partial charge in [-0.1, -0.05) is 17.7 Å². The standard InChI is InChI=1S/C38H37ClF6N6O3S/c1-49(9-10-52)30-8-6-24(25-5-7-28(39)32-29(18-55(3,4)54)47-50(2)35(25)32)33(46-30)20(11-19-12-21(40)15-22(41)13-19)14-23(53)17-51-36-31(34(48-51)37(42)43)26-16-27(26)38(36,44)45/h5-8,12-13,15,20,26-27,37,52H,3,9-11,14,16-18H2,1-2,4H3/t20-,26+,27-,55?/m1/s1. The molecular formula is C38H37ClF6N6O3S. The number of ketones is 1. The van der Waals surface area contributed by atoms with Crippen LogP contribution in [-0.2, 0) is 46.0 Å². The van der Waals surface area contributed by atoms with E-state index in [0.717, 1.165) is 12.1 Å². The highest BCUT2D eigenvalue weighted by atomic mass is 35.5. The van der Waals surface area contributed by atoms with Crippen molar-refractivity contribution < 1.29 is 40.5 Å². The summed E-state index contributed by atoms with van der Waals surface area (Å²) in [6.45, 7) is -0.798. The minimum atomic E-state index is -3.44. The molecule has 3 heterocycles. The van der Waals surface area contributed by atoms with Crippen molar-refractivity contribution >= 4 is 49.5 Å². The van der Waals surface area contributed by atoms with E-state index in [1.807, 2.05) is 0 Å². The summed E-state index contributed by atoms with van der Waals surface area (Å²) in [4.78, 5) is 20.6. The van der Waals surface area contributed by atoms with Crippen LogP contribution >= 0.6 is 11.6 Å². The van der Waals surface area contributed by atoms with Crippen molar-refractivity contribution in [2.45, 2.75) is 55.7 Å². The van der Waals surface area contributed by atoms with Gasteiger partial charge in [-0.3, -0.25) is 18.4 Å². The van der Waals surface area contributed by atoms with Gasteiger partial charge in [0.25, 0.3) is 12.3 Å². The van der Waals surface area contributed by atoms with Crippen molar-refractivity contribution in [2.24, 2.45) is 13.0 Å². The summed E-state index contributed by atoms with van der Waals surface area (Å²) in [6.07, 6.45) is -2.14. The average Bonchev–Trinajstić information content (AvgIpc) is 3.63. The lowest BCUT2D eigenvalue weighted by Crippen LogP contribution is -2.25. The normalized spacial score (nSPS) is 18.7. The van der Waals surface area contributed by atoms with Crippen LogP contribution in [0.4, 0.5) is 32.2 Å². The van der Waals surface area contributed by atoms with Crippen molar-refractivity contribution in [1.29, 1.82) is 0 Å². The monoisotopic (exact) mass is 806 g/mol. The van der Waals surface area contributed by atoms with Gasteiger partial charge in [0, 0.05) is 73.3 Å². The number of aliphatic hydroxyl groups excluding tert-OH is 1. The Morgan fingerprint density at radius 2 is 1.80 bits per heavy atom. The number of carbonyl (C=O) groups is 1. The molecule has 0 radical (unpaired) electrons. The summed E-state index contributed by atoms with van der Waals surface area (Å²) in [7, 11) is 0.804. The number of likely N-dealkylation sites (N-methyl/N-ethyl adjacent to an activating group) is 1. The first-order chi connectivity index (χ1) is 25.9. The van der Waals surface area contributed by atoms with Gasteiger partial charge in [0.2, 0.25) is 0 Å². The zero-order valence-electron chi connectivity index (χ0n) is 30.0. The Bertz CT molecular complexity index is 2430. The third kappa shape index (κ3) is 7.35. The lowest BCUT2D eigenvalue weighted by atomic mass is 9.86. The van der Waals surface area contributed by atoms with Gasteiger partial charge in [-0.25, -0.2) is 22.5 Å². The molecule has 55 heavy (non-hydrogen) atoms. The Balaban J connectivity index is 1.37. The number of benzene rings is 2. The van der Waals surface area contributed by atoms with Gasteiger partial charge in [0.15, 0.2) is 5.78 Å². The van der Waals surface area contributed by atoms with E-state index in [2.05, 4.69) is 16.1 Å². The van der Waals surface area contributed by atoms with Crippen LogP contribution in [0.25, 0.3) is 22.0 Å². The molecule has 0 saturated heterocycles. The largest absolute Gasteiger partial charge is 0.395 e. The number of alkyl halides is 4. The number of halogens is 7. The molecule has 0 bridgehead atoms. The molecule has 17 heteroatoms. The number of rotatable bonds is 14. The summed E-state index contributed by atoms with van der Waals surface area (Å²) < 4.78 is 103. The van der Waals surface area contributed by atoms with Crippen LogP contribution in [0, 0.1) is 17.6 Å². The van der Waals surface area contributed by atoms with Gasteiger partial charge in [0.1, 0.15) is 35.4 Å². The predicted octanol–water partition coefficient (Wildman–Crippen LogP) is 7.17. The summed E-state index contributed by atoms with van der Waals surface area (Å²) in [6, 6.07) is 9.69. The van der Waals surface area contributed by atoms with Crippen LogP contribution < -0.4 is 4.90 Å². The van der Waals surface area contributed by atoms with Gasteiger partial charge in [-0.15, -0.1) is 0 Å². The second-order valence-corrected chi connectivity index (χ2v) is 17.6. The third-order valence-corrected chi connectivity index (χ3v) is 11.4. The number of hydrogen-bond acceptors (Lipinski definition) is 7. The molecule has 2 aliphatic rings. The highest BCUT2D eigenvalue weighted by molar-refractivity contribution is 7.98. The van der Waals surface area contributed by atoms with E-state index in [4.69, 9.17) is 16.6 Å². The first-order valence-corrected chi connectivity index (χ1v) is 20.1. The van der Waals surface area contributed by atoms with Gasteiger partial charge >= 0.3 is 0 Å². The van der Waals surface area contributed by atoms with Gasteiger partial charge < -0.3 is 10.0 Å². The number of aliphatic hydroxyl groups is 1. The van der Waals surface area contributed by atoms with Gasteiger partial charge in [0.05, 0.1) is 34.3 Å². The molecule has 0 spiro atoms. The molecular weight excluding hydrogens is 770 g/mol. The molecule has 3 aromatic heterocycles. The van der Waals surface area contributed by atoms with Crippen LogP contribution in [-0.4, -0.2) is 72.0 Å². The number of aryl methyl sites for hydroxylation is 1. The minimum Gasteiger partial charge on any atom is -0.395 e. The topological polar surface area (TPSA) is 106 Å². The molecule has 0 amide bonds. The van der Waals surface area contributed by atoms with Crippen LogP contribution in [0.15, 0.2) is 42.5 Å². The van der Waals surface area contributed by atoms with E-state index in [9.17, 15) is 31.7 Å². The number of carbonyl (C=O) groups excluding carboxylic acids is 1. The molecule has 4 atom stereocenters. The minimum absolute atomic E-state index is 0.0245. The molecule has 1 N–H and O–H groups in total. The third-order valence-electron chi connectivity index (χ3n) is 10.2. The van der Waals surface area contributed by atoms with Crippen LogP contribution in [0.1, 0.15) is 65.0 Å². The molecule has 0 aliphatic heterocycles. The number of Topliss-reactive ketones (excluding diaryl/α,β-unsaturated/α-hetero) is 1. The maximum atomic E-state index is 15.4. The van der Waals surface area contributed by atoms with Crippen molar-refractivity contribution in [1.82, 2.24) is 24.5 Å². The summed E-state index contributed by atoms with van der Waals surface area (Å²) in [5.74, 6) is -4.52. The van der Waals surface area contributed by atoms with E-state index in [-0.39, 0.29) is 48.6 Å². The van der Waals surface area contributed by atoms with Crippen LogP contribution in [0.5, 0.6) is 0 Å². The molecule has 1 unspecified atom stereocenters. The first-order valence-electron chi connectivity index (χ1n) is 17.4. The van der Waals surface area contributed by atoms with E-state index >= 15 is 8.78 Å². The Morgan fingerprint density at radius 1 is 1.11 bits per heavy atom. The van der Waals surface area contributed by atoms with Crippen LogP contribution in [0.2, 0.25) is 5.02 Å². The van der Waals surface area contributed by atoms with Crippen molar-refractivity contribution in [3.8, 4) is 11.1 Å². The maximum absolute atomic E-state index is 15.4. The van der Waals surface area contributed by atoms with E-state index < -0.39 is 81.4 Å². The fraction of sp³-hybridized carbons (Fsp3) is 0.395. The predicted molar refractivity (Wildman–Crippen MR) is 199 cm³/mol. The molecule has 292 valence electrons.